The van der Waals surface area contributed by atoms with E-state index in [0.717, 1.165) is 17.7 Å². The third kappa shape index (κ3) is 3.48. The third-order valence-electron chi connectivity index (χ3n) is 2.96. The fourth-order valence-electron chi connectivity index (χ4n) is 1.96. The van der Waals surface area contributed by atoms with E-state index in [-0.39, 0.29) is 5.91 Å². The van der Waals surface area contributed by atoms with Crippen LogP contribution >= 0.6 is 11.6 Å². The number of nitrogen functional groups attached to an aromatic ring is 1. The number of nitrogens with two attached hydrogens (primary N) is 1. The van der Waals surface area contributed by atoms with Crippen LogP contribution in [0.25, 0.3) is 0 Å². The Bertz CT molecular complexity index is 608. The highest BCUT2D eigenvalue weighted by Crippen LogP contribution is 2.16. The Morgan fingerprint density at radius 2 is 2.20 bits per heavy atom. The molecule has 0 aliphatic carbocycles. The van der Waals surface area contributed by atoms with Gasteiger partial charge in [0, 0.05) is 22.5 Å². The average molecular weight is 290 g/mol. The molecule has 0 radical (unpaired) electrons. The molecule has 0 saturated heterocycles. The first kappa shape index (κ1) is 14.3. The van der Waals surface area contributed by atoms with Gasteiger partial charge in [-0.15, -0.1) is 0 Å². The number of aromatic nitrogens is 1. The quantitative estimate of drug-likeness (QED) is 0.851. The number of anilines is 1. The van der Waals surface area contributed by atoms with Crippen LogP contribution in [0.15, 0.2) is 36.5 Å². The number of nitrogens with one attached hydrogen (secondary N) is 1. The van der Waals surface area contributed by atoms with Crippen LogP contribution < -0.4 is 11.1 Å². The van der Waals surface area contributed by atoms with E-state index in [9.17, 15) is 4.79 Å². The van der Waals surface area contributed by atoms with Gasteiger partial charge in [0.05, 0.1) is 12.2 Å². The van der Waals surface area contributed by atoms with E-state index >= 15 is 0 Å². The molecule has 0 saturated carbocycles. The Morgan fingerprint density at radius 3 is 2.90 bits per heavy atom. The highest BCUT2D eigenvalue weighted by Gasteiger charge is 2.09. The number of pyridine rings is 1. The first-order valence-electron chi connectivity index (χ1n) is 6.37. The van der Waals surface area contributed by atoms with E-state index in [0.29, 0.717) is 22.8 Å². The van der Waals surface area contributed by atoms with Crippen LogP contribution in [-0.2, 0) is 13.0 Å². The van der Waals surface area contributed by atoms with E-state index in [1.807, 2.05) is 12.1 Å². The molecule has 104 valence electrons. The summed E-state index contributed by atoms with van der Waals surface area (Å²) in [7, 11) is 0. The highest BCUT2D eigenvalue weighted by molar-refractivity contribution is 6.31. The van der Waals surface area contributed by atoms with E-state index in [1.165, 1.54) is 0 Å². The van der Waals surface area contributed by atoms with Crippen LogP contribution in [0.2, 0.25) is 5.02 Å². The Hall–Kier alpha value is -2.07. The minimum absolute atomic E-state index is 0.216. The van der Waals surface area contributed by atoms with Gasteiger partial charge < -0.3 is 11.1 Å². The standard InChI is InChI=1S/C15H16ClN3O/c1-2-10-4-3-5-18-14(10)9-19-15(20)11-6-12(16)8-13(17)7-11/h3-8H,2,9,17H2,1H3,(H,19,20). The molecule has 1 aromatic carbocycles. The predicted octanol–water partition coefficient (Wildman–Crippen LogP) is 2.81. The van der Waals surface area contributed by atoms with Gasteiger partial charge in [-0.2, -0.15) is 0 Å². The Labute approximate surface area is 123 Å². The summed E-state index contributed by atoms with van der Waals surface area (Å²) in [6.07, 6.45) is 2.60. The van der Waals surface area contributed by atoms with E-state index < -0.39 is 0 Å². The smallest absolute Gasteiger partial charge is 0.251 e. The zero-order chi connectivity index (χ0) is 14.5. The van der Waals surface area contributed by atoms with Crippen LogP contribution in [0, 0.1) is 0 Å². The van der Waals surface area contributed by atoms with Gasteiger partial charge in [-0.3, -0.25) is 9.78 Å². The summed E-state index contributed by atoms with van der Waals surface area (Å²) in [6.45, 7) is 2.44. The monoisotopic (exact) mass is 289 g/mol. The Morgan fingerprint density at radius 1 is 1.40 bits per heavy atom. The van der Waals surface area contributed by atoms with Crippen molar-refractivity contribution in [2.24, 2.45) is 0 Å². The second kappa shape index (κ2) is 6.39. The molecular weight excluding hydrogens is 274 g/mol. The van der Waals surface area contributed by atoms with Gasteiger partial charge in [0.1, 0.15) is 0 Å². The number of hydrogen-bond donors (Lipinski definition) is 2. The Balaban J connectivity index is 2.08. The van der Waals surface area contributed by atoms with Crippen LogP contribution in [0.5, 0.6) is 0 Å². The van der Waals surface area contributed by atoms with Gasteiger partial charge in [0.25, 0.3) is 5.91 Å². The van der Waals surface area contributed by atoms with E-state index in [4.69, 9.17) is 17.3 Å². The molecule has 0 aliphatic heterocycles. The molecule has 0 atom stereocenters. The number of nitrogens with zero attached hydrogens (tertiary/aromatic N) is 1. The third-order valence-corrected chi connectivity index (χ3v) is 3.18. The van der Waals surface area contributed by atoms with Crippen molar-refractivity contribution in [3.05, 3.63) is 58.4 Å². The molecule has 4 nitrogen and oxygen atoms in total. The molecule has 0 fully saturated rings. The maximum atomic E-state index is 12.1. The fraction of sp³-hybridized carbons (Fsp3) is 0.200. The van der Waals surface area contributed by atoms with Crippen LogP contribution in [-0.4, -0.2) is 10.9 Å². The maximum Gasteiger partial charge on any atom is 0.251 e. The van der Waals surface area contributed by atoms with Crippen molar-refractivity contribution >= 4 is 23.2 Å². The normalized spacial score (nSPS) is 10.3. The van der Waals surface area contributed by atoms with Gasteiger partial charge in [-0.05, 0) is 36.2 Å². The number of carbonyl (C=O) groups is 1. The van der Waals surface area contributed by atoms with Crippen LogP contribution in [0.4, 0.5) is 5.69 Å². The van der Waals surface area contributed by atoms with Gasteiger partial charge in [0.2, 0.25) is 0 Å². The molecule has 2 aromatic rings. The lowest BCUT2D eigenvalue weighted by Crippen LogP contribution is -2.24. The van der Waals surface area contributed by atoms with Gasteiger partial charge >= 0.3 is 0 Å². The van der Waals surface area contributed by atoms with Crippen molar-refractivity contribution in [1.29, 1.82) is 0 Å². The molecule has 0 spiro atoms. The molecule has 3 N–H and O–H groups in total. The van der Waals surface area contributed by atoms with Crippen molar-refractivity contribution in [1.82, 2.24) is 10.3 Å². The Kier molecular flexibility index (Phi) is 4.58. The molecule has 1 amide bonds. The lowest BCUT2D eigenvalue weighted by molar-refractivity contribution is 0.0950. The van der Waals surface area contributed by atoms with E-state index in [2.05, 4.69) is 17.2 Å². The van der Waals surface area contributed by atoms with Gasteiger partial charge in [-0.25, -0.2) is 0 Å². The molecular formula is C15H16ClN3O. The number of carbonyl (C=O) groups excluding carboxylic acids is 1. The zero-order valence-corrected chi connectivity index (χ0v) is 11.9. The lowest BCUT2D eigenvalue weighted by Gasteiger charge is -2.09. The molecule has 5 heteroatoms. The minimum Gasteiger partial charge on any atom is -0.399 e. The molecule has 2 rings (SSSR count). The molecule has 0 unspecified atom stereocenters. The number of hydrogen-bond acceptors (Lipinski definition) is 3. The zero-order valence-electron chi connectivity index (χ0n) is 11.2. The second-order valence-corrected chi connectivity index (χ2v) is 4.86. The van der Waals surface area contributed by atoms with Gasteiger partial charge in [0.15, 0.2) is 0 Å². The molecule has 20 heavy (non-hydrogen) atoms. The minimum atomic E-state index is -0.216. The lowest BCUT2D eigenvalue weighted by atomic mass is 10.1. The topological polar surface area (TPSA) is 68.0 Å². The molecule has 0 bridgehead atoms. The number of halogens is 1. The molecule has 0 aliphatic rings. The number of amides is 1. The summed E-state index contributed by atoms with van der Waals surface area (Å²) in [5, 5.41) is 3.28. The first-order chi connectivity index (χ1) is 9.60. The van der Waals surface area contributed by atoms with Crippen molar-refractivity contribution in [2.75, 3.05) is 5.73 Å². The number of aryl methyl sites for hydroxylation is 1. The van der Waals surface area contributed by atoms with Crippen LogP contribution in [0.3, 0.4) is 0 Å². The van der Waals surface area contributed by atoms with Crippen LogP contribution in [0.1, 0.15) is 28.5 Å². The SMILES string of the molecule is CCc1cccnc1CNC(=O)c1cc(N)cc(Cl)c1. The average Bonchev–Trinajstić information content (AvgIpc) is 2.44. The first-order valence-corrected chi connectivity index (χ1v) is 6.75. The van der Waals surface area contributed by atoms with Crippen molar-refractivity contribution in [3.8, 4) is 0 Å². The summed E-state index contributed by atoms with van der Waals surface area (Å²) >= 11 is 5.89. The maximum absolute atomic E-state index is 12.1. The second-order valence-electron chi connectivity index (χ2n) is 4.42. The van der Waals surface area contributed by atoms with E-state index in [1.54, 1.807) is 24.4 Å². The molecule has 1 heterocycles. The predicted molar refractivity (Wildman–Crippen MR) is 80.6 cm³/mol. The summed E-state index contributed by atoms with van der Waals surface area (Å²) in [5.41, 5.74) is 8.59. The summed E-state index contributed by atoms with van der Waals surface area (Å²) in [6, 6.07) is 8.69. The van der Waals surface area contributed by atoms with Gasteiger partial charge in [-0.1, -0.05) is 24.6 Å². The summed E-state index contributed by atoms with van der Waals surface area (Å²) in [5.74, 6) is -0.216. The molecule has 1 aromatic heterocycles. The highest BCUT2D eigenvalue weighted by atomic mass is 35.5. The number of rotatable bonds is 4. The summed E-state index contributed by atoms with van der Waals surface area (Å²) < 4.78 is 0. The largest absolute Gasteiger partial charge is 0.399 e. The van der Waals surface area contributed by atoms with Crippen molar-refractivity contribution in [3.63, 3.8) is 0 Å². The fourth-order valence-corrected chi connectivity index (χ4v) is 2.21. The van der Waals surface area contributed by atoms with Crippen molar-refractivity contribution < 1.29 is 4.79 Å². The number of benzene rings is 1. The summed E-state index contributed by atoms with van der Waals surface area (Å²) in [4.78, 5) is 16.4. The van der Waals surface area contributed by atoms with Crippen molar-refractivity contribution in [2.45, 2.75) is 19.9 Å².